The van der Waals surface area contributed by atoms with E-state index in [1.54, 1.807) is 17.8 Å². The summed E-state index contributed by atoms with van der Waals surface area (Å²) in [6.45, 7) is 0.0853. The molecular formula is C16H18Cl2N2OS. The third-order valence-electron chi connectivity index (χ3n) is 3.94. The topological polar surface area (TPSA) is 52.9 Å². The molecule has 1 aliphatic carbocycles. The van der Waals surface area contributed by atoms with Crippen LogP contribution in [0, 0.1) is 23.2 Å². The fraction of sp³-hybridized carbons (Fsp3) is 0.500. The zero-order valence-electron chi connectivity index (χ0n) is 12.1. The number of nitriles is 1. The standard InChI is InChI=1S/C16H18Cl2N2OS/c17-14-6-5-12(9-15(14)18)22-10-11-3-1-2-4-13(11)16(21)20-8-7-19/h5-6,9,11,13H,1-4,8,10H2,(H,20,21)/t11-,13+/m0/s1. The molecule has 0 spiro atoms. The van der Waals surface area contributed by atoms with E-state index in [1.165, 1.54) is 0 Å². The molecule has 1 aromatic carbocycles. The average Bonchev–Trinajstić information content (AvgIpc) is 2.54. The van der Waals surface area contributed by atoms with E-state index < -0.39 is 0 Å². The summed E-state index contributed by atoms with van der Waals surface area (Å²) >= 11 is 13.7. The second kappa shape index (κ2) is 8.67. The van der Waals surface area contributed by atoms with Gasteiger partial charge in [-0.25, -0.2) is 0 Å². The van der Waals surface area contributed by atoms with Crippen molar-refractivity contribution in [3.05, 3.63) is 28.2 Å². The molecule has 1 aromatic rings. The molecule has 2 atom stereocenters. The summed E-state index contributed by atoms with van der Waals surface area (Å²) in [5, 5.41) is 12.4. The lowest BCUT2D eigenvalue weighted by atomic mass is 9.80. The smallest absolute Gasteiger partial charge is 0.224 e. The Labute approximate surface area is 145 Å². The molecule has 2 rings (SSSR count). The lowest BCUT2D eigenvalue weighted by molar-refractivity contribution is -0.127. The number of benzene rings is 1. The summed E-state index contributed by atoms with van der Waals surface area (Å²) in [6, 6.07) is 7.57. The van der Waals surface area contributed by atoms with Crippen LogP contribution in [0.4, 0.5) is 0 Å². The van der Waals surface area contributed by atoms with Crippen molar-refractivity contribution in [2.45, 2.75) is 30.6 Å². The van der Waals surface area contributed by atoms with Gasteiger partial charge in [-0.05, 0) is 37.0 Å². The summed E-state index contributed by atoms with van der Waals surface area (Å²) in [5.41, 5.74) is 0. The Bertz CT molecular complexity index is 574. The third-order valence-corrected chi connectivity index (χ3v) is 5.86. The van der Waals surface area contributed by atoms with Crippen LogP contribution in [-0.4, -0.2) is 18.2 Å². The van der Waals surface area contributed by atoms with Gasteiger partial charge in [-0.15, -0.1) is 11.8 Å². The Morgan fingerprint density at radius 1 is 1.32 bits per heavy atom. The van der Waals surface area contributed by atoms with Crippen LogP contribution in [0.2, 0.25) is 10.0 Å². The normalized spacial score (nSPS) is 21.1. The quantitative estimate of drug-likeness (QED) is 0.622. The van der Waals surface area contributed by atoms with E-state index in [0.29, 0.717) is 16.0 Å². The van der Waals surface area contributed by atoms with E-state index in [1.807, 2.05) is 18.2 Å². The van der Waals surface area contributed by atoms with Gasteiger partial charge in [0.25, 0.3) is 0 Å². The molecule has 1 saturated carbocycles. The van der Waals surface area contributed by atoms with Crippen LogP contribution in [0.3, 0.4) is 0 Å². The predicted molar refractivity (Wildman–Crippen MR) is 91.3 cm³/mol. The minimum Gasteiger partial charge on any atom is -0.343 e. The minimum atomic E-state index is 0.0115. The highest BCUT2D eigenvalue weighted by molar-refractivity contribution is 7.99. The van der Waals surface area contributed by atoms with Gasteiger partial charge in [-0.3, -0.25) is 4.79 Å². The fourth-order valence-corrected chi connectivity index (χ4v) is 4.31. The predicted octanol–water partition coefficient (Wildman–Crippen LogP) is 4.53. The molecule has 0 aliphatic heterocycles. The number of carbonyl (C=O) groups is 1. The number of thioether (sulfide) groups is 1. The number of amides is 1. The first kappa shape index (κ1) is 17.5. The minimum absolute atomic E-state index is 0.0115. The van der Waals surface area contributed by atoms with Crippen molar-refractivity contribution in [1.29, 1.82) is 5.26 Å². The lowest BCUT2D eigenvalue weighted by Gasteiger charge is -2.30. The summed E-state index contributed by atoms with van der Waals surface area (Å²) < 4.78 is 0. The van der Waals surface area contributed by atoms with Crippen molar-refractivity contribution in [2.75, 3.05) is 12.3 Å². The Hall–Kier alpha value is -0.890. The number of hydrogen-bond donors (Lipinski definition) is 1. The Balaban J connectivity index is 1.95. The summed E-state index contributed by atoms with van der Waals surface area (Å²) in [4.78, 5) is 13.2. The van der Waals surface area contributed by atoms with E-state index in [0.717, 1.165) is 36.3 Å². The highest BCUT2D eigenvalue weighted by Crippen LogP contribution is 2.36. The molecule has 118 valence electrons. The van der Waals surface area contributed by atoms with Crippen molar-refractivity contribution in [3.63, 3.8) is 0 Å². The maximum absolute atomic E-state index is 12.2. The van der Waals surface area contributed by atoms with Crippen LogP contribution in [0.1, 0.15) is 25.7 Å². The highest BCUT2D eigenvalue weighted by atomic mass is 35.5. The molecule has 0 bridgehead atoms. The molecular weight excluding hydrogens is 339 g/mol. The Kier molecular flexibility index (Phi) is 6.88. The Morgan fingerprint density at radius 2 is 2.09 bits per heavy atom. The largest absolute Gasteiger partial charge is 0.343 e. The summed E-state index contributed by atoms with van der Waals surface area (Å²) in [5.74, 6) is 1.24. The van der Waals surface area contributed by atoms with Gasteiger partial charge in [-0.1, -0.05) is 36.0 Å². The molecule has 0 radical (unpaired) electrons. The van der Waals surface area contributed by atoms with Crippen molar-refractivity contribution in [3.8, 4) is 6.07 Å². The molecule has 1 amide bonds. The monoisotopic (exact) mass is 356 g/mol. The van der Waals surface area contributed by atoms with Gasteiger partial charge in [0.05, 0.1) is 16.1 Å². The number of carbonyl (C=O) groups excluding carboxylic acids is 1. The van der Waals surface area contributed by atoms with Crippen LogP contribution < -0.4 is 5.32 Å². The molecule has 0 aromatic heterocycles. The number of nitrogens with zero attached hydrogens (tertiary/aromatic N) is 1. The lowest BCUT2D eigenvalue weighted by Crippen LogP contribution is -2.37. The van der Waals surface area contributed by atoms with Gasteiger partial charge in [-0.2, -0.15) is 5.26 Å². The van der Waals surface area contributed by atoms with Crippen molar-refractivity contribution in [2.24, 2.45) is 11.8 Å². The number of rotatable bonds is 5. The van der Waals surface area contributed by atoms with E-state index in [4.69, 9.17) is 28.5 Å². The maximum atomic E-state index is 12.2. The molecule has 0 saturated heterocycles. The van der Waals surface area contributed by atoms with Crippen molar-refractivity contribution < 1.29 is 4.79 Å². The first-order valence-corrected chi connectivity index (χ1v) is 9.08. The van der Waals surface area contributed by atoms with Crippen molar-refractivity contribution in [1.82, 2.24) is 5.32 Å². The molecule has 0 heterocycles. The number of hydrogen-bond acceptors (Lipinski definition) is 3. The van der Waals surface area contributed by atoms with E-state index in [9.17, 15) is 4.79 Å². The molecule has 6 heteroatoms. The zero-order valence-corrected chi connectivity index (χ0v) is 14.5. The van der Waals surface area contributed by atoms with E-state index in [2.05, 4.69) is 5.32 Å². The van der Waals surface area contributed by atoms with Crippen LogP contribution in [0.5, 0.6) is 0 Å². The molecule has 1 N–H and O–H groups in total. The summed E-state index contributed by atoms with van der Waals surface area (Å²) in [6.07, 6.45) is 4.20. The van der Waals surface area contributed by atoms with Crippen LogP contribution >= 0.6 is 35.0 Å². The Morgan fingerprint density at radius 3 is 2.82 bits per heavy atom. The third kappa shape index (κ3) is 4.81. The first-order chi connectivity index (χ1) is 10.6. The van der Waals surface area contributed by atoms with Gasteiger partial charge in [0.1, 0.15) is 6.54 Å². The second-order valence-electron chi connectivity index (χ2n) is 5.41. The maximum Gasteiger partial charge on any atom is 0.224 e. The van der Waals surface area contributed by atoms with Gasteiger partial charge in [0.2, 0.25) is 5.91 Å². The molecule has 1 fully saturated rings. The van der Waals surface area contributed by atoms with E-state index in [-0.39, 0.29) is 18.4 Å². The zero-order chi connectivity index (χ0) is 15.9. The molecule has 22 heavy (non-hydrogen) atoms. The van der Waals surface area contributed by atoms with Crippen LogP contribution in [0.25, 0.3) is 0 Å². The highest BCUT2D eigenvalue weighted by Gasteiger charge is 2.30. The second-order valence-corrected chi connectivity index (χ2v) is 7.32. The summed E-state index contributed by atoms with van der Waals surface area (Å²) in [7, 11) is 0. The van der Waals surface area contributed by atoms with Gasteiger partial charge in [0, 0.05) is 16.6 Å². The van der Waals surface area contributed by atoms with Crippen LogP contribution in [0.15, 0.2) is 23.1 Å². The molecule has 0 unspecified atom stereocenters. The molecule has 3 nitrogen and oxygen atoms in total. The van der Waals surface area contributed by atoms with E-state index >= 15 is 0 Å². The molecule has 1 aliphatic rings. The number of nitrogens with one attached hydrogen (secondary N) is 1. The van der Waals surface area contributed by atoms with Gasteiger partial charge < -0.3 is 5.32 Å². The van der Waals surface area contributed by atoms with Crippen LogP contribution in [-0.2, 0) is 4.79 Å². The van der Waals surface area contributed by atoms with Crippen molar-refractivity contribution >= 4 is 40.9 Å². The van der Waals surface area contributed by atoms with Gasteiger partial charge in [0.15, 0.2) is 0 Å². The fourth-order valence-electron chi connectivity index (χ4n) is 2.78. The number of halogens is 2. The van der Waals surface area contributed by atoms with Gasteiger partial charge >= 0.3 is 0 Å². The SMILES string of the molecule is N#CCNC(=O)[C@@H]1CCCC[C@H]1CSc1ccc(Cl)c(Cl)c1. The first-order valence-electron chi connectivity index (χ1n) is 7.34. The average molecular weight is 357 g/mol.